The van der Waals surface area contributed by atoms with Gasteiger partial charge in [-0.2, -0.15) is 0 Å². The molecule has 0 aromatic carbocycles. The molecule has 0 saturated heterocycles. The van der Waals surface area contributed by atoms with Crippen LogP contribution in [0.2, 0.25) is 15.5 Å². The Bertz CT molecular complexity index is 472. The monoisotopic (exact) mass is 233 g/mol. The summed E-state index contributed by atoms with van der Waals surface area (Å²) in [4.78, 5) is 11.6. The van der Waals surface area contributed by atoms with E-state index >= 15 is 0 Å². The number of nitrogens with zero attached hydrogens (tertiary/aromatic N) is 3. The largest absolute Gasteiger partial charge is 0.236 e. The molecule has 0 saturated carbocycles. The van der Waals surface area contributed by atoms with Crippen molar-refractivity contribution in [2.24, 2.45) is 0 Å². The summed E-state index contributed by atoms with van der Waals surface area (Å²) in [7, 11) is 0. The average Bonchev–Trinajstić information content (AvgIpc) is 2.02. The molecule has 66 valence electrons. The van der Waals surface area contributed by atoms with Gasteiger partial charge in [-0.05, 0) is 0 Å². The van der Waals surface area contributed by atoms with Crippen LogP contribution in [0.25, 0.3) is 10.9 Å². The summed E-state index contributed by atoms with van der Waals surface area (Å²) >= 11 is 17.3. The summed E-state index contributed by atoms with van der Waals surface area (Å²) < 4.78 is 0. The fraction of sp³-hybridized carbons (Fsp3) is 0. The maximum atomic E-state index is 5.81. The Morgan fingerprint density at radius 3 is 2.54 bits per heavy atom. The lowest BCUT2D eigenvalue weighted by molar-refractivity contribution is 1.21. The second kappa shape index (κ2) is 3.25. The molecule has 3 nitrogen and oxygen atoms in total. The lowest BCUT2D eigenvalue weighted by Gasteiger charge is -2.00. The molecule has 0 unspecified atom stereocenters. The molecule has 2 aromatic rings. The van der Waals surface area contributed by atoms with Crippen molar-refractivity contribution in [3.05, 3.63) is 27.9 Å². The van der Waals surface area contributed by atoms with Crippen LogP contribution in [0.1, 0.15) is 0 Å². The number of aromatic nitrogens is 3. The SMILES string of the molecule is Clc1cc2ncnc(Cl)c2c(Cl)n1. The molecule has 0 spiro atoms. The van der Waals surface area contributed by atoms with Gasteiger partial charge >= 0.3 is 0 Å². The van der Waals surface area contributed by atoms with E-state index in [9.17, 15) is 0 Å². The van der Waals surface area contributed by atoms with Gasteiger partial charge in [0.2, 0.25) is 0 Å². The van der Waals surface area contributed by atoms with E-state index in [-0.39, 0.29) is 15.5 Å². The third-order valence-corrected chi connectivity index (χ3v) is 2.25. The lowest BCUT2D eigenvalue weighted by atomic mass is 10.3. The molecule has 0 aliphatic carbocycles. The third kappa shape index (κ3) is 1.55. The fourth-order valence-corrected chi connectivity index (χ4v) is 1.76. The van der Waals surface area contributed by atoms with Crippen LogP contribution in [-0.2, 0) is 0 Å². The molecule has 0 radical (unpaired) electrons. The Morgan fingerprint density at radius 2 is 1.77 bits per heavy atom. The molecule has 0 amide bonds. The quantitative estimate of drug-likeness (QED) is 0.519. The molecule has 6 heteroatoms. The maximum Gasteiger partial charge on any atom is 0.143 e. The van der Waals surface area contributed by atoms with Crippen molar-refractivity contribution in [3.8, 4) is 0 Å². The number of pyridine rings is 1. The molecule has 13 heavy (non-hydrogen) atoms. The minimum absolute atomic E-state index is 0.216. The Hall–Kier alpha value is -0.640. The van der Waals surface area contributed by atoms with Crippen LogP contribution < -0.4 is 0 Å². The summed E-state index contributed by atoms with van der Waals surface area (Å²) in [6, 6.07) is 1.58. The van der Waals surface area contributed by atoms with Gasteiger partial charge in [0, 0.05) is 6.07 Å². The highest BCUT2D eigenvalue weighted by Gasteiger charge is 2.08. The molecule has 2 rings (SSSR count). The summed E-state index contributed by atoms with van der Waals surface area (Å²) in [5.74, 6) is 0. The average molecular weight is 234 g/mol. The van der Waals surface area contributed by atoms with E-state index in [4.69, 9.17) is 34.8 Å². The van der Waals surface area contributed by atoms with E-state index in [0.29, 0.717) is 10.9 Å². The Kier molecular flexibility index (Phi) is 2.24. The summed E-state index contributed by atoms with van der Waals surface area (Å²) in [5.41, 5.74) is 0.588. The first kappa shape index (κ1) is 8.94. The highest BCUT2D eigenvalue weighted by atomic mass is 35.5. The molecule has 0 N–H and O–H groups in total. The van der Waals surface area contributed by atoms with Gasteiger partial charge < -0.3 is 0 Å². The lowest BCUT2D eigenvalue weighted by Crippen LogP contribution is -1.87. The van der Waals surface area contributed by atoms with E-state index in [2.05, 4.69) is 15.0 Å². The second-order valence-electron chi connectivity index (χ2n) is 2.29. The zero-order valence-corrected chi connectivity index (χ0v) is 8.40. The first-order chi connectivity index (χ1) is 6.18. The van der Waals surface area contributed by atoms with Crippen LogP contribution in [0.15, 0.2) is 12.4 Å². The van der Waals surface area contributed by atoms with Gasteiger partial charge in [0.25, 0.3) is 0 Å². The molecule has 0 aliphatic rings. The zero-order chi connectivity index (χ0) is 9.42. The van der Waals surface area contributed by atoms with Crippen LogP contribution in [0.4, 0.5) is 0 Å². The topological polar surface area (TPSA) is 38.7 Å². The predicted octanol–water partition coefficient (Wildman–Crippen LogP) is 2.99. The van der Waals surface area contributed by atoms with E-state index in [1.165, 1.54) is 6.33 Å². The number of fused-ring (bicyclic) bond motifs is 1. The smallest absolute Gasteiger partial charge is 0.143 e. The second-order valence-corrected chi connectivity index (χ2v) is 3.40. The fourth-order valence-electron chi connectivity index (χ4n) is 0.972. The van der Waals surface area contributed by atoms with Crippen LogP contribution >= 0.6 is 34.8 Å². The van der Waals surface area contributed by atoms with Crippen molar-refractivity contribution in [2.75, 3.05) is 0 Å². The van der Waals surface area contributed by atoms with Crippen LogP contribution in [-0.4, -0.2) is 15.0 Å². The molecule has 0 aliphatic heterocycles. The van der Waals surface area contributed by atoms with Crippen molar-refractivity contribution in [3.63, 3.8) is 0 Å². The van der Waals surface area contributed by atoms with Crippen LogP contribution in [0.5, 0.6) is 0 Å². The van der Waals surface area contributed by atoms with Crippen LogP contribution in [0, 0.1) is 0 Å². The maximum absolute atomic E-state index is 5.81. The van der Waals surface area contributed by atoms with Crippen molar-refractivity contribution >= 4 is 45.7 Å². The third-order valence-electron chi connectivity index (χ3n) is 1.50. The number of hydrogen-bond acceptors (Lipinski definition) is 3. The highest BCUT2D eigenvalue weighted by Crippen LogP contribution is 2.27. The number of rotatable bonds is 0. The van der Waals surface area contributed by atoms with Crippen molar-refractivity contribution in [1.29, 1.82) is 0 Å². The predicted molar refractivity (Wildman–Crippen MR) is 52.4 cm³/mol. The summed E-state index contributed by atoms with van der Waals surface area (Å²) in [6.07, 6.45) is 1.34. The van der Waals surface area contributed by atoms with E-state index < -0.39 is 0 Å². The first-order valence-corrected chi connectivity index (χ1v) is 4.44. The van der Waals surface area contributed by atoms with Crippen molar-refractivity contribution < 1.29 is 0 Å². The number of hydrogen-bond donors (Lipinski definition) is 0. The molecular formula is C7H2Cl3N3. The standard InChI is InChI=1S/C7H2Cl3N3/c8-4-1-3-5(7(10)13-4)6(9)12-2-11-3/h1-2H. The molecule has 0 atom stereocenters. The Labute approximate surface area is 88.7 Å². The van der Waals surface area contributed by atoms with E-state index in [1.54, 1.807) is 6.07 Å². The van der Waals surface area contributed by atoms with Gasteiger partial charge in [0.15, 0.2) is 0 Å². The number of halogens is 3. The van der Waals surface area contributed by atoms with Crippen molar-refractivity contribution in [2.45, 2.75) is 0 Å². The normalized spacial score (nSPS) is 10.7. The van der Waals surface area contributed by atoms with Gasteiger partial charge in [-0.25, -0.2) is 15.0 Å². The summed E-state index contributed by atoms with van der Waals surface area (Å²) in [6.45, 7) is 0. The van der Waals surface area contributed by atoms with Crippen LogP contribution in [0.3, 0.4) is 0 Å². The van der Waals surface area contributed by atoms with Gasteiger partial charge in [-0.1, -0.05) is 34.8 Å². The van der Waals surface area contributed by atoms with Gasteiger partial charge in [-0.15, -0.1) is 0 Å². The molecule has 0 fully saturated rings. The van der Waals surface area contributed by atoms with E-state index in [1.807, 2.05) is 0 Å². The Morgan fingerprint density at radius 1 is 1.00 bits per heavy atom. The van der Waals surface area contributed by atoms with Crippen molar-refractivity contribution in [1.82, 2.24) is 15.0 Å². The minimum atomic E-state index is 0.216. The minimum Gasteiger partial charge on any atom is -0.236 e. The van der Waals surface area contributed by atoms with Gasteiger partial charge in [-0.3, -0.25) is 0 Å². The van der Waals surface area contributed by atoms with E-state index in [0.717, 1.165) is 0 Å². The zero-order valence-electron chi connectivity index (χ0n) is 6.13. The molecular weight excluding hydrogens is 232 g/mol. The molecule has 0 bridgehead atoms. The highest BCUT2D eigenvalue weighted by molar-refractivity contribution is 6.41. The first-order valence-electron chi connectivity index (χ1n) is 3.31. The van der Waals surface area contributed by atoms with Gasteiger partial charge in [0.1, 0.15) is 21.8 Å². The molecule has 2 aromatic heterocycles. The summed E-state index contributed by atoms with van der Waals surface area (Å²) in [5, 5.41) is 1.30. The molecule has 2 heterocycles. The Balaban J connectivity index is 2.94. The van der Waals surface area contributed by atoms with Gasteiger partial charge in [0.05, 0.1) is 10.9 Å².